The zero-order valence-corrected chi connectivity index (χ0v) is 14.1. The van der Waals surface area contributed by atoms with Crippen molar-refractivity contribution in [1.82, 2.24) is 15.4 Å². The number of hydrogen-bond acceptors (Lipinski definition) is 4. The molecule has 1 aliphatic heterocycles. The van der Waals surface area contributed by atoms with Crippen molar-refractivity contribution >= 4 is 11.8 Å². The summed E-state index contributed by atoms with van der Waals surface area (Å²) in [5, 5.41) is 6.90. The van der Waals surface area contributed by atoms with Crippen molar-refractivity contribution in [3.05, 3.63) is 53.4 Å². The summed E-state index contributed by atoms with van der Waals surface area (Å²) in [6.07, 6.45) is 3.33. The third-order valence-electron chi connectivity index (χ3n) is 5.05. The van der Waals surface area contributed by atoms with Crippen LogP contribution in [0.4, 0.5) is 0 Å². The SMILES string of the molecule is Cc1ccc([C@@H]2CN(C(=O)c3ccon3)C[C@H]2NC(=O)C2CC2)cc1. The van der Waals surface area contributed by atoms with Gasteiger partial charge >= 0.3 is 0 Å². The molecule has 130 valence electrons. The number of aryl methyl sites for hydroxylation is 1. The quantitative estimate of drug-likeness (QED) is 0.926. The van der Waals surface area contributed by atoms with Gasteiger partial charge in [-0.3, -0.25) is 9.59 Å². The Morgan fingerprint density at radius 2 is 1.92 bits per heavy atom. The van der Waals surface area contributed by atoms with Gasteiger partial charge in [-0.1, -0.05) is 35.0 Å². The van der Waals surface area contributed by atoms with Crippen LogP contribution in [0.15, 0.2) is 41.1 Å². The van der Waals surface area contributed by atoms with E-state index in [-0.39, 0.29) is 29.7 Å². The van der Waals surface area contributed by atoms with Crippen LogP contribution in [-0.4, -0.2) is 41.0 Å². The maximum absolute atomic E-state index is 12.6. The number of benzene rings is 1. The molecule has 2 aromatic rings. The van der Waals surface area contributed by atoms with Crippen molar-refractivity contribution in [3.63, 3.8) is 0 Å². The van der Waals surface area contributed by atoms with E-state index in [4.69, 9.17) is 4.52 Å². The molecule has 4 rings (SSSR count). The van der Waals surface area contributed by atoms with Gasteiger partial charge in [0.15, 0.2) is 5.69 Å². The molecule has 0 spiro atoms. The van der Waals surface area contributed by atoms with Gasteiger partial charge in [0.2, 0.25) is 5.91 Å². The predicted molar refractivity (Wildman–Crippen MR) is 91.0 cm³/mol. The summed E-state index contributed by atoms with van der Waals surface area (Å²) in [5.74, 6) is 0.185. The number of nitrogens with zero attached hydrogens (tertiary/aromatic N) is 2. The molecule has 2 fully saturated rings. The van der Waals surface area contributed by atoms with E-state index in [0.29, 0.717) is 18.8 Å². The number of rotatable bonds is 4. The fraction of sp³-hybridized carbons (Fsp3) is 0.421. The number of carbonyl (C=O) groups excluding carboxylic acids is 2. The van der Waals surface area contributed by atoms with E-state index < -0.39 is 0 Å². The minimum absolute atomic E-state index is 0.0772. The number of aromatic nitrogens is 1. The minimum Gasteiger partial charge on any atom is -0.364 e. The van der Waals surface area contributed by atoms with Crippen LogP contribution in [-0.2, 0) is 4.79 Å². The highest BCUT2D eigenvalue weighted by Crippen LogP contribution is 2.32. The lowest BCUT2D eigenvalue weighted by molar-refractivity contribution is -0.123. The fourth-order valence-electron chi connectivity index (χ4n) is 3.40. The maximum Gasteiger partial charge on any atom is 0.276 e. The van der Waals surface area contributed by atoms with Gasteiger partial charge < -0.3 is 14.7 Å². The molecule has 6 heteroatoms. The Morgan fingerprint density at radius 1 is 1.16 bits per heavy atom. The van der Waals surface area contributed by atoms with Crippen LogP contribution < -0.4 is 5.32 Å². The van der Waals surface area contributed by atoms with Crippen molar-refractivity contribution in [1.29, 1.82) is 0 Å². The molecule has 2 amide bonds. The molecular weight excluding hydrogens is 318 g/mol. The molecule has 1 N–H and O–H groups in total. The molecule has 0 unspecified atom stereocenters. The molecule has 1 aliphatic carbocycles. The molecule has 2 aliphatic rings. The first-order chi connectivity index (χ1) is 12.1. The van der Waals surface area contributed by atoms with Crippen molar-refractivity contribution in [2.75, 3.05) is 13.1 Å². The summed E-state index contributed by atoms with van der Waals surface area (Å²) in [4.78, 5) is 26.6. The Bertz CT molecular complexity index is 766. The van der Waals surface area contributed by atoms with Gasteiger partial charge in [0.25, 0.3) is 5.91 Å². The zero-order valence-electron chi connectivity index (χ0n) is 14.1. The molecule has 2 heterocycles. The summed E-state index contributed by atoms with van der Waals surface area (Å²) in [6.45, 7) is 3.10. The lowest BCUT2D eigenvalue weighted by Gasteiger charge is -2.20. The van der Waals surface area contributed by atoms with Crippen LogP contribution >= 0.6 is 0 Å². The number of carbonyl (C=O) groups is 2. The summed E-state index contributed by atoms with van der Waals surface area (Å²) in [7, 11) is 0. The van der Waals surface area contributed by atoms with Crippen LogP contribution in [0, 0.1) is 12.8 Å². The summed E-state index contributed by atoms with van der Waals surface area (Å²) < 4.78 is 4.78. The lowest BCUT2D eigenvalue weighted by atomic mass is 9.93. The Labute approximate surface area is 146 Å². The van der Waals surface area contributed by atoms with Crippen LogP contribution in [0.5, 0.6) is 0 Å². The number of nitrogens with one attached hydrogen (secondary N) is 1. The van der Waals surface area contributed by atoms with Crippen molar-refractivity contribution in [2.45, 2.75) is 31.7 Å². The Morgan fingerprint density at radius 3 is 2.56 bits per heavy atom. The molecule has 1 saturated heterocycles. The normalized spacial score (nSPS) is 22.8. The van der Waals surface area contributed by atoms with Crippen LogP contribution in [0.3, 0.4) is 0 Å². The third kappa shape index (κ3) is 3.29. The van der Waals surface area contributed by atoms with Crippen LogP contribution in [0.2, 0.25) is 0 Å². The van der Waals surface area contributed by atoms with E-state index in [9.17, 15) is 9.59 Å². The van der Waals surface area contributed by atoms with E-state index in [1.165, 1.54) is 11.8 Å². The molecule has 0 radical (unpaired) electrons. The average Bonchev–Trinajstić information content (AvgIpc) is 3.16. The van der Waals surface area contributed by atoms with E-state index >= 15 is 0 Å². The molecule has 25 heavy (non-hydrogen) atoms. The highest BCUT2D eigenvalue weighted by atomic mass is 16.5. The Balaban J connectivity index is 1.55. The highest BCUT2D eigenvalue weighted by Gasteiger charge is 2.40. The molecule has 2 atom stereocenters. The smallest absolute Gasteiger partial charge is 0.276 e. The van der Waals surface area contributed by atoms with Crippen LogP contribution in [0.1, 0.15) is 40.4 Å². The summed E-state index contributed by atoms with van der Waals surface area (Å²) in [6, 6.07) is 9.79. The fourth-order valence-corrected chi connectivity index (χ4v) is 3.40. The molecular formula is C19H21N3O3. The molecule has 1 aromatic carbocycles. The van der Waals surface area contributed by atoms with Gasteiger partial charge in [0, 0.05) is 31.0 Å². The highest BCUT2D eigenvalue weighted by molar-refractivity contribution is 5.92. The second kappa shape index (κ2) is 6.35. The van der Waals surface area contributed by atoms with E-state index in [1.807, 2.05) is 6.92 Å². The third-order valence-corrected chi connectivity index (χ3v) is 5.05. The van der Waals surface area contributed by atoms with Crippen molar-refractivity contribution in [3.8, 4) is 0 Å². The first kappa shape index (κ1) is 15.9. The van der Waals surface area contributed by atoms with Gasteiger partial charge in [-0.25, -0.2) is 0 Å². The topological polar surface area (TPSA) is 75.4 Å². The molecule has 0 bridgehead atoms. The Hall–Kier alpha value is -2.63. The van der Waals surface area contributed by atoms with Gasteiger partial charge in [-0.2, -0.15) is 0 Å². The summed E-state index contributed by atoms with van der Waals surface area (Å²) >= 11 is 0. The average molecular weight is 339 g/mol. The van der Waals surface area contributed by atoms with E-state index in [1.54, 1.807) is 11.0 Å². The van der Waals surface area contributed by atoms with Crippen molar-refractivity contribution < 1.29 is 14.1 Å². The monoisotopic (exact) mass is 339 g/mol. The van der Waals surface area contributed by atoms with Gasteiger partial charge in [-0.05, 0) is 25.3 Å². The first-order valence-corrected chi connectivity index (χ1v) is 8.68. The Kier molecular flexibility index (Phi) is 4.03. The van der Waals surface area contributed by atoms with Crippen LogP contribution in [0.25, 0.3) is 0 Å². The second-order valence-electron chi connectivity index (χ2n) is 7.00. The lowest BCUT2D eigenvalue weighted by Crippen LogP contribution is -2.41. The first-order valence-electron chi connectivity index (χ1n) is 8.68. The number of amides is 2. The van der Waals surface area contributed by atoms with Gasteiger partial charge in [-0.15, -0.1) is 0 Å². The van der Waals surface area contributed by atoms with Crippen molar-refractivity contribution in [2.24, 2.45) is 5.92 Å². The second-order valence-corrected chi connectivity index (χ2v) is 7.00. The van der Waals surface area contributed by atoms with Gasteiger partial charge in [0.05, 0.1) is 6.04 Å². The predicted octanol–water partition coefficient (Wildman–Crippen LogP) is 2.12. The van der Waals surface area contributed by atoms with E-state index in [0.717, 1.165) is 18.4 Å². The molecule has 1 saturated carbocycles. The van der Waals surface area contributed by atoms with E-state index in [2.05, 4.69) is 34.7 Å². The summed E-state index contributed by atoms with van der Waals surface area (Å²) in [5.41, 5.74) is 2.63. The largest absolute Gasteiger partial charge is 0.364 e. The number of likely N-dealkylation sites (tertiary alicyclic amines) is 1. The maximum atomic E-state index is 12.6. The van der Waals surface area contributed by atoms with Gasteiger partial charge in [0.1, 0.15) is 6.26 Å². The minimum atomic E-state index is -0.158. The standard InChI is InChI=1S/C19H21N3O3/c1-12-2-4-13(5-3-12)15-10-22(19(24)16-8-9-25-21-16)11-17(15)20-18(23)14-6-7-14/h2-5,8-9,14-15,17H,6-7,10-11H2,1H3,(H,20,23)/t15-,17+/m0/s1. The molecule has 6 nitrogen and oxygen atoms in total. The molecule has 1 aromatic heterocycles. The number of hydrogen-bond donors (Lipinski definition) is 1. The zero-order chi connectivity index (χ0) is 17.4.